The molecule has 2 heterocycles. The zero-order valence-electron chi connectivity index (χ0n) is 14.9. The van der Waals surface area contributed by atoms with Crippen molar-refractivity contribution in [3.05, 3.63) is 53.2 Å². The molecule has 0 atom stereocenters. The molecule has 0 radical (unpaired) electrons. The van der Waals surface area contributed by atoms with E-state index in [9.17, 15) is 4.79 Å². The lowest BCUT2D eigenvalue weighted by Crippen LogP contribution is -2.35. The van der Waals surface area contributed by atoms with Crippen LogP contribution in [-0.4, -0.2) is 40.1 Å². The Morgan fingerprint density at radius 2 is 1.85 bits per heavy atom. The number of hydrogen-bond acceptors (Lipinski definition) is 4. The lowest BCUT2D eigenvalue weighted by molar-refractivity contribution is 0.0696. The quantitative estimate of drug-likeness (QED) is 0.904. The molecule has 136 valence electrons. The zero-order valence-corrected chi connectivity index (χ0v) is 14.9. The summed E-state index contributed by atoms with van der Waals surface area (Å²) in [5, 5.41) is 8.94. The lowest BCUT2D eigenvalue weighted by Gasteiger charge is -2.26. The van der Waals surface area contributed by atoms with Crippen LogP contribution >= 0.6 is 0 Å². The highest BCUT2D eigenvalue weighted by Gasteiger charge is 2.24. The number of hydrogen-bond donors (Lipinski definition) is 1. The minimum absolute atomic E-state index is 0.159. The van der Waals surface area contributed by atoms with Gasteiger partial charge in [0.15, 0.2) is 0 Å². The SMILES string of the molecule is O=C(O)c1ccc(Oc2ccc3c(c2)CCN(C2CCCC2)CC3)nc1. The van der Waals surface area contributed by atoms with E-state index in [1.165, 1.54) is 49.1 Å². The Hall–Kier alpha value is -2.40. The van der Waals surface area contributed by atoms with Gasteiger partial charge in [0.2, 0.25) is 5.88 Å². The third-order valence-corrected chi connectivity index (χ3v) is 5.56. The number of fused-ring (bicyclic) bond motifs is 1. The molecule has 2 aliphatic rings. The standard InChI is InChI=1S/C21H24N2O3/c24-21(25)17-6-8-20(22-14-17)26-19-7-5-15-9-11-23(12-10-16(15)13-19)18-3-1-2-4-18/h5-8,13-14,18H,1-4,9-12H2,(H,24,25). The van der Waals surface area contributed by atoms with Gasteiger partial charge in [0, 0.05) is 31.4 Å². The summed E-state index contributed by atoms with van der Waals surface area (Å²) in [6, 6.07) is 10.1. The number of carbonyl (C=O) groups is 1. The van der Waals surface area contributed by atoms with Crippen LogP contribution in [0.3, 0.4) is 0 Å². The molecular weight excluding hydrogens is 328 g/mol. The molecule has 1 aromatic heterocycles. The smallest absolute Gasteiger partial charge is 0.337 e. The van der Waals surface area contributed by atoms with E-state index in [1.54, 1.807) is 6.07 Å². The molecule has 0 amide bonds. The molecule has 1 aromatic carbocycles. The molecule has 5 nitrogen and oxygen atoms in total. The van der Waals surface area contributed by atoms with Crippen molar-refractivity contribution < 1.29 is 14.6 Å². The van der Waals surface area contributed by atoms with Crippen LogP contribution in [0.2, 0.25) is 0 Å². The fraction of sp³-hybridized carbons (Fsp3) is 0.429. The summed E-state index contributed by atoms with van der Waals surface area (Å²) < 4.78 is 5.83. The summed E-state index contributed by atoms with van der Waals surface area (Å²) in [6.45, 7) is 2.27. The first-order valence-corrected chi connectivity index (χ1v) is 9.42. The molecule has 1 saturated carbocycles. The van der Waals surface area contributed by atoms with Gasteiger partial charge < -0.3 is 9.84 Å². The van der Waals surface area contributed by atoms with Crippen molar-refractivity contribution in [2.24, 2.45) is 0 Å². The number of aromatic nitrogens is 1. The van der Waals surface area contributed by atoms with Crippen molar-refractivity contribution >= 4 is 5.97 Å². The van der Waals surface area contributed by atoms with E-state index in [-0.39, 0.29) is 5.56 Å². The summed E-state index contributed by atoms with van der Waals surface area (Å²) in [6.07, 6.45) is 8.91. The molecular formula is C21H24N2O3. The summed E-state index contributed by atoms with van der Waals surface area (Å²) in [5.74, 6) is 0.186. The van der Waals surface area contributed by atoms with E-state index in [0.717, 1.165) is 37.7 Å². The van der Waals surface area contributed by atoms with Gasteiger partial charge in [-0.05, 0) is 55.0 Å². The van der Waals surface area contributed by atoms with Crippen molar-refractivity contribution in [3.63, 3.8) is 0 Å². The maximum Gasteiger partial charge on any atom is 0.337 e. The van der Waals surface area contributed by atoms with E-state index in [4.69, 9.17) is 9.84 Å². The lowest BCUT2D eigenvalue weighted by atomic mass is 10.0. The van der Waals surface area contributed by atoms with E-state index < -0.39 is 5.97 Å². The molecule has 0 saturated heterocycles. The molecule has 2 aromatic rings. The number of benzene rings is 1. The Morgan fingerprint density at radius 1 is 1.08 bits per heavy atom. The van der Waals surface area contributed by atoms with E-state index in [2.05, 4.69) is 22.0 Å². The Morgan fingerprint density at radius 3 is 2.54 bits per heavy atom. The largest absolute Gasteiger partial charge is 0.478 e. The molecule has 1 aliphatic heterocycles. The second kappa shape index (κ2) is 7.46. The fourth-order valence-corrected chi connectivity index (χ4v) is 4.10. The van der Waals surface area contributed by atoms with Crippen LogP contribution in [0.25, 0.3) is 0 Å². The Kier molecular flexibility index (Phi) is 4.89. The topological polar surface area (TPSA) is 62.7 Å². The second-order valence-corrected chi connectivity index (χ2v) is 7.20. The van der Waals surface area contributed by atoms with Crippen LogP contribution in [0.4, 0.5) is 0 Å². The minimum atomic E-state index is -0.985. The number of nitrogens with zero attached hydrogens (tertiary/aromatic N) is 2. The molecule has 0 spiro atoms. The van der Waals surface area contributed by atoms with Crippen molar-refractivity contribution in [3.8, 4) is 11.6 Å². The third-order valence-electron chi connectivity index (χ3n) is 5.56. The molecule has 1 aliphatic carbocycles. The first-order valence-electron chi connectivity index (χ1n) is 9.42. The van der Waals surface area contributed by atoms with E-state index >= 15 is 0 Å². The highest BCUT2D eigenvalue weighted by Crippen LogP contribution is 2.29. The average Bonchev–Trinajstić information content (AvgIpc) is 3.10. The highest BCUT2D eigenvalue weighted by molar-refractivity contribution is 5.87. The van der Waals surface area contributed by atoms with Gasteiger partial charge in [0.1, 0.15) is 5.75 Å². The number of aromatic carboxylic acids is 1. The highest BCUT2D eigenvalue weighted by atomic mass is 16.5. The van der Waals surface area contributed by atoms with Crippen molar-refractivity contribution in [2.45, 2.75) is 44.6 Å². The molecule has 1 N–H and O–H groups in total. The number of rotatable bonds is 4. The van der Waals surface area contributed by atoms with Gasteiger partial charge in [-0.2, -0.15) is 0 Å². The van der Waals surface area contributed by atoms with Crippen LogP contribution in [0.5, 0.6) is 11.6 Å². The van der Waals surface area contributed by atoms with Crippen LogP contribution in [0.1, 0.15) is 47.2 Å². The monoisotopic (exact) mass is 352 g/mol. The number of carboxylic acid groups (broad SMARTS) is 1. The zero-order chi connectivity index (χ0) is 17.9. The van der Waals surface area contributed by atoms with Gasteiger partial charge >= 0.3 is 5.97 Å². The molecule has 0 bridgehead atoms. The van der Waals surface area contributed by atoms with E-state index in [1.807, 2.05) is 6.07 Å². The normalized spacial score (nSPS) is 18.3. The van der Waals surface area contributed by atoms with E-state index in [0.29, 0.717) is 5.88 Å². The second-order valence-electron chi connectivity index (χ2n) is 7.20. The van der Waals surface area contributed by atoms with Crippen LogP contribution in [-0.2, 0) is 12.8 Å². The van der Waals surface area contributed by atoms with Crippen molar-refractivity contribution in [2.75, 3.05) is 13.1 Å². The van der Waals surface area contributed by atoms with Crippen LogP contribution in [0, 0.1) is 0 Å². The molecule has 4 rings (SSSR count). The Balaban J connectivity index is 1.45. The van der Waals surface area contributed by atoms with Crippen molar-refractivity contribution in [1.82, 2.24) is 9.88 Å². The summed E-state index contributed by atoms with van der Waals surface area (Å²) >= 11 is 0. The predicted molar refractivity (Wildman–Crippen MR) is 98.9 cm³/mol. The van der Waals surface area contributed by atoms with Gasteiger partial charge in [0.25, 0.3) is 0 Å². The van der Waals surface area contributed by atoms with Gasteiger partial charge in [-0.1, -0.05) is 18.9 Å². The van der Waals surface area contributed by atoms with Crippen molar-refractivity contribution in [1.29, 1.82) is 0 Å². The average molecular weight is 352 g/mol. The molecule has 1 fully saturated rings. The molecule has 26 heavy (non-hydrogen) atoms. The number of ether oxygens (including phenoxy) is 1. The third kappa shape index (κ3) is 3.73. The van der Waals surface area contributed by atoms with Gasteiger partial charge in [-0.3, -0.25) is 4.90 Å². The van der Waals surface area contributed by atoms with Gasteiger partial charge in [-0.15, -0.1) is 0 Å². The first-order chi connectivity index (χ1) is 12.7. The summed E-state index contributed by atoms with van der Waals surface area (Å²) in [7, 11) is 0. The predicted octanol–water partition coefficient (Wildman–Crippen LogP) is 3.92. The van der Waals surface area contributed by atoms with Gasteiger partial charge in [0.05, 0.1) is 5.56 Å². The minimum Gasteiger partial charge on any atom is -0.478 e. The fourth-order valence-electron chi connectivity index (χ4n) is 4.10. The Bertz CT molecular complexity index is 782. The van der Waals surface area contributed by atoms with Crippen LogP contribution < -0.4 is 4.74 Å². The maximum absolute atomic E-state index is 10.9. The van der Waals surface area contributed by atoms with Gasteiger partial charge in [-0.25, -0.2) is 9.78 Å². The van der Waals surface area contributed by atoms with Crippen LogP contribution in [0.15, 0.2) is 36.5 Å². The number of carboxylic acids is 1. The number of pyridine rings is 1. The first kappa shape index (κ1) is 17.0. The summed E-state index contributed by atoms with van der Waals surface area (Å²) in [4.78, 5) is 17.6. The molecule has 0 unspecified atom stereocenters. The maximum atomic E-state index is 10.9. The summed E-state index contributed by atoms with van der Waals surface area (Å²) in [5.41, 5.74) is 2.92. The molecule has 5 heteroatoms. The Labute approximate surface area is 153 Å².